The Morgan fingerprint density at radius 3 is 2.03 bits per heavy atom. The Morgan fingerprint density at radius 1 is 0.800 bits per heavy atom. The highest BCUT2D eigenvalue weighted by atomic mass is 32.2. The number of carbonyl (C=O) groups is 1. The summed E-state index contributed by atoms with van der Waals surface area (Å²) in [5.41, 5.74) is 0.160. The van der Waals surface area contributed by atoms with E-state index in [1.807, 2.05) is 30.3 Å². The molecule has 0 fully saturated rings. The molecule has 0 aliphatic carbocycles. The Balaban J connectivity index is 1.72. The first kappa shape index (κ1) is 21.5. The quantitative estimate of drug-likeness (QED) is 0.385. The average Bonchev–Trinajstić information content (AvgIpc) is 2.76. The van der Waals surface area contributed by atoms with Crippen LogP contribution in [0.15, 0.2) is 83.8 Å². The van der Waals surface area contributed by atoms with Gasteiger partial charge in [0.25, 0.3) is 0 Å². The predicted octanol–water partition coefficient (Wildman–Crippen LogP) is 4.73. The van der Waals surface area contributed by atoms with Crippen LogP contribution >= 0.6 is 0 Å². The minimum Gasteiger partial charge on any atom is -0.457 e. The Labute approximate surface area is 176 Å². The van der Waals surface area contributed by atoms with Crippen LogP contribution in [-0.4, -0.2) is 31.8 Å². The number of benzene rings is 3. The average molecular weight is 426 g/mol. The van der Waals surface area contributed by atoms with E-state index in [2.05, 4.69) is 0 Å². The van der Waals surface area contributed by atoms with E-state index in [1.54, 1.807) is 38.1 Å². The lowest BCUT2D eigenvalue weighted by Gasteiger charge is -2.18. The predicted molar refractivity (Wildman–Crippen MR) is 114 cm³/mol. The molecule has 0 saturated heterocycles. The lowest BCUT2D eigenvalue weighted by molar-refractivity contribution is 0.0734. The van der Waals surface area contributed by atoms with Crippen LogP contribution < -0.4 is 9.47 Å². The van der Waals surface area contributed by atoms with Gasteiger partial charge in [-0.2, -0.15) is 4.31 Å². The minimum absolute atomic E-state index is 0.0623. The molecular formula is C23H23NO5S. The van der Waals surface area contributed by atoms with Crippen LogP contribution in [0.25, 0.3) is 0 Å². The summed E-state index contributed by atoms with van der Waals surface area (Å²) >= 11 is 0. The van der Waals surface area contributed by atoms with Crippen LogP contribution in [0.3, 0.4) is 0 Å². The summed E-state index contributed by atoms with van der Waals surface area (Å²) in [6.07, 6.45) is 0. The molecule has 0 heterocycles. The molecular weight excluding hydrogens is 402 g/mol. The van der Waals surface area contributed by atoms with Gasteiger partial charge in [-0.25, -0.2) is 13.2 Å². The number of sulfonamides is 1. The normalized spacial score (nSPS) is 11.3. The molecule has 0 aliphatic rings. The van der Waals surface area contributed by atoms with Crippen molar-refractivity contribution in [3.63, 3.8) is 0 Å². The van der Waals surface area contributed by atoms with Crippen LogP contribution in [0.1, 0.15) is 24.2 Å². The molecule has 156 valence electrons. The van der Waals surface area contributed by atoms with Crippen molar-refractivity contribution in [1.82, 2.24) is 4.31 Å². The van der Waals surface area contributed by atoms with E-state index >= 15 is 0 Å². The first-order valence-electron chi connectivity index (χ1n) is 9.59. The molecule has 0 amide bonds. The summed E-state index contributed by atoms with van der Waals surface area (Å²) in [5, 5.41) is 0. The van der Waals surface area contributed by atoms with E-state index in [0.29, 0.717) is 30.3 Å². The molecule has 0 aliphatic heterocycles. The van der Waals surface area contributed by atoms with Gasteiger partial charge in [0.2, 0.25) is 10.0 Å². The van der Waals surface area contributed by atoms with E-state index in [-0.39, 0.29) is 10.5 Å². The van der Waals surface area contributed by atoms with E-state index in [9.17, 15) is 13.2 Å². The third-order valence-electron chi connectivity index (χ3n) is 4.43. The maximum absolute atomic E-state index is 12.7. The molecule has 7 heteroatoms. The second kappa shape index (κ2) is 9.56. The fraction of sp³-hybridized carbons (Fsp3) is 0.174. The summed E-state index contributed by atoms with van der Waals surface area (Å²) in [6.45, 7) is 4.24. The molecule has 3 rings (SSSR count). The number of ether oxygens (including phenoxy) is 2. The highest BCUT2D eigenvalue weighted by molar-refractivity contribution is 7.89. The summed E-state index contributed by atoms with van der Waals surface area (Å²) < 4.78 is 37.8. The number of nitrogens with zero attached hydrogens (tertiary/aromatic N) is 1. The smallest absolute Gasteiger partial charge is 0.343 e. The summed E-state index contributed by atoms with van der Waals surface area (Å²) in [7, 11) is -3.66. The van der Waals surface area contributed by atoms with E-state index in [1.165, 1.54) is 28.6 Å². The van der Waals surface area contributed by atoms with Crippen LogP contribution in [0.2, 0.25) is 0 Å². The molecule has 0 N–H and O–H groups in total. The first-order valence-corrected chi connectivity index (χ1v) is 11.0. The summed E-state index contributed by atoms with van der Waals surface area (Å²) in [4.78, 5) is 12.6. The molecule has 0 spiro atoms. The van der Waals surface area contributed by atoms with E-state index in [4.69, 9.17) is 9.47 Å². The molecule has 3 aromatic carbocycles. The Kier molecular flexibility index (Phi) is 6.87. The standard InChI is InChI=1S/C23H23NO5S/c1-3-24(4-2)30(26,27)22-12-8-9-18(17-22)23(25)29-21-15-13-20(14-16-21)28-19-10-6-5-7-11-19/h5-17H,3-4H2,1-2H3. The highest BCUT2D eigenvalue weighted by Gasteiger charge is 2.23. The number of hydrogen-bond donors (Lipinski definition) is 0. The zero-order valence-electron chi connectivity index (χ0n) is 16.8. The van der Waals surface area contributed by atoms with Crippen molar-refractivity contribution in [2.75, 3.05) is 13.1 Å². The van der Waals surface area contributed by atoms with Gasteiger partial charge in [-0.15, -0.1) is 0 Å². The number of carbonyl (C=O) groups excluding carboxylic acids is 1. The monoisotopic (exact) mass is 425 g/mol. The van der Waals surface area contributed by atoms with Crippen molar-refractivity contribution in [2.45, 2.75) is 18.7 Å². The van der Waals surface area contributed by atoms with Gasteiger partial charge < -0.3 is 9.47 Å². The van der Waals surface area contributed by atoms with Crippen LogP contribution in [-0.2, 0) is 10.0 Å². The molecule has 0 bridgehead atoms. The van der Waals surface area contributed by atoms with Gasteiger partial charge in [0.05, 0.1) is 10.5 Å². The molecule has 0 unspecified atom stereocenters. The Morgan fingerprint density at radius 2 is 1.40 bits per heavy atom. The van der Waals surface area contributed by atoms with Crippen molar-refractivity contribution in [3.8, 4) is 17.2 Å². The molecule has 0 radical (unpaired) electrons. The maximum Gasteiger partial charge on any atom is 0.343 e. The zero-order chi connectivity index (χ0) is 21.6. The minimum atomic E-state index is -3.66. The molecule has 3 aromatic rings. The number of hydrogen-bond acceptors (Lipinski definition) is 5. The van der Waals surface area contributed by atoms with Gasteiger partial charge in [0, 0.05) is 13.1 Å². The van der Waals surface area contributed by atoms with E-state index in [0.717, 1.165) is 0 Å². The van der Waals surface area contributed by atoms with Crippen molar-refractivity contribution < 1.29 is 22.7 Å². The zero-order valence-corrected chi connectivity index (χ0v) is 17.6. The second-order valence-electron chi connectivity index (χ2n) is 6.39. The van der Waals surface area contributed by atoms with Gasteiger partial charge >= 0.3 is 5.97 Å². The van der Waals surface area contributed by atoms with Crippen LogP contribution in [0.4, 0.5) is 0 Å². The molecule has 0 atom stereocenters. The molecule has 0 aromatic heterocycles. The Bertz CT molecular complexity index is 1090. The van der Waals surface area contributed by atoms with Crippen LogP contribution in [0.5, 0.6) is 17.2 Å². The number of rotatable bonds is 8. The summed E-state index contributed by atoms with van der Waals surface area (Å²) in [5.74, 6) is 1.00. The SMILES string of the molecule is CCN(CC)S(=O)(=O)c1cccc(C(=O)Oc2ccc(Oc3ccccc3)cc2)c1. The third kappa shape index (κ3) is 5.06. The lowest BCUT2D eigenvalue weighted by atomic mass is 10.2. The fourth-order valence-corrected chi connectivity index (χ4v) is 4.37. The van der Waals surface area contributed by atoms with Crippen molar-refractivity contribution in [3.05, 3.63) is 84.4 Å². The van der Waals surface area contributed by atoms with Gasteiger partial charge in [0.15, 0.2) is 0 Å². The van der Waals surface area contributed by atoms with Crippen molar-refractivity contribution >= 4 is 16.0 Å². The molecule has 30 heavy (non-hydrogen) atoms. The number of esters is 1. The van der Waals surface area contributed by atoms with Crippen molar-refractivity contribution in [2.24, 2.45) is 0 Å². The fourth-order valence-electron chi connectivity index (χ4n) is 2.86. The van der Waals surface area contributed by atoms with Gasteiger partial charge in [-0.05, 0) is 54.6 Å². The molecule has 6 nitrogen and oxygen atoms in total. The molecule has 0 saturated carbocycles. The third-order valence-corrected chi connectivity index (χ3v) is 6.47. The lowest BCUT2D eigenvalue weighted by Crippen LogP contribution is -2.30. The number of para-hydroxylation sites is 1. The van der Waals surface area contributed by atoms with Crippen molar-refractivity contribution in [1.29, 1.82) is 0 Å². The second-order valence-corrected chi connectivity index (χ2v) is 8.33. The Hall–Kier alpha value is -3.16. The largest absolute Gasteiger partial charge is 0.457 e. The van der Waals surface area contributed by atoms with Crippen LogP contribution in [0, 0.1) is 0 Å². The topological polar surface area (TPSA) is 72.9 Å². The first-order chi connectivity index (χ1) is 14.4. The highest BCUT2D eigenvalue weighted by Crippen LogP contribution is 2.24. The summed E-state index contributed by atoms with van der Waals surface area (Å²) in [6, 6.07) is 21.8. The van der Waals surface area contributed by atoms with Gasteiger partial charge in [0.1, 0.15) is 17.2 Å². The maximum atomic E-state index is 12.7. The van der Waals surface area contributed by atoms with Gasteiger partial charge in [-0.1, -0.05) is 38.1 Å². The van der Waals surface area contributed by atoms with E-state index < -0.39 is 16.0 Å². The van der Waals surface area contributed by atoms with Gasteiger partial charge in [-0.3, -0.25) is 0 Å².